The van der Waals surface area contributed by atoms with E-state index in [2.05, 4.69) is 41.6 Å². The number of halogens is 1. The summed E-state index contributed by atoms with van der Waals surface area (Å²) in [4.78, 5) is 16.5. The first kappa shape index (κ1) is 24.4. The number of phenolic OH excluding ortho intramolecular Hbond substituents is 1. The van der Waals surface area contributed by atoms with Crippen molar-refractivity contribution < 1.29 is 14.6 Å². The Morgan fingerprint density at radius 1 is 1.17 bits per heavy atom. The number of carbonyl (C=O) groups excluding carboxylic acids is 1. The molecular weight excluding hydrogens is 532 g/mol. The zero-order valence-corrected chi connectivity index (χ0v) is 21.0. The summed E-state index contributed by atoms with van der Waals surface area (Å²) in [5.41, 5.74) is 4.91. The highest BCUT2D eigenvalue weighted by Gasteiger charge is 2.17. The number of hydrogen-bond acceptors (Lipinski definition) is 8. The van der Waals surface area contributed by atoms with Crippen LogP contribution in [0.4, 0.5) is 0 Å². The summed E-state index contributed by atoms with van der Waals surface area (Å²) in [5, 5.41) is 23.0. The van der Waals surface area contributed by atoms with Crippen LogP contribution in [0.3, 0.4) is 0 Å². The van der Waals surface area contributed by atoms with Crippen molar-refractivity contribution in [3.8, 4) is 28.6 Å². The number of phenols is 1. The second-order valence-electron chi connectivity index (χ2n) is 7.10. The molecule has 11 heteroatoms. The maximum Gasteiger partial charge on any atom is 0.250 e. The Bertz CT molecular complexity index is 1330. The molecule has 0 unspecified atom stereocenters. The van der Waals surface area contributed by atoms with E-state index < -0.39 is 0 Å². The molecule has 4 rings (SSSR count). The third-order valence-corrected chi connectivity index (χ3v) is 6.13. The second kappa shape index (κ2) is 11.6. The van der Waals surface area contributed by atoms with E-state index in [0.29, 0.717) is 28.9 Å². The van der Waals surface area contributed by atoms with Crippen LogP contribution in [0.25, 0.3) is 17.1 Å². The van der Waals surface area contributed by atoms with Crippen LogP contribution in [0.15, 0.2) is 81.7 Å². The number of rotatable bonds is 9. The van der Waals surface area contributed by atoms with Crippen LogP contribution >= 0.6 is 27.7 Å². The maximum absolute atomic E-state index is 12.4. The fourth-order valence-corrected chi connectivity index (χ4v) is 4.11. The topological polar surface area (TPSA) is 115 Å². The number of pyridine rings is 1. The number of hydrogen-bond donors (Lipinski definition) is 2. The number of nitrogens with one attached hydrogen (secondary N) is 1. The molecule has 9 nitrogen and oxygen atoms in total. The minimum atomic E-state index is -0.300. The van der Waals surface area contributed by atoms with Gasteiger partial charge in [0, 0.05) is 28.1 Å². The quantitative estimate of drug-likeness (QED) is 0.179. The number of benzene rings is 2. The predicted octanol–water partition coefficient (Wildman–Crippen LogP) is 4.44. The fourth-order valence-electron chi connectivity index (χ4n) is 3.10. The van der Waals surface area contributed by atoms with Crippen LogP contribution in [0.5, 0.6) is 11.5 Å². The molecule has 0 aliphatic carbocycles. The lowest BCUT2D eigenvalue weighted by atomic mass is 10.2. The van der Waals surface area contributed by atoms with Gasteiger partial charge in [-0.25, -0.2) is 5.43 Å². The van der Waals surface area contributed by atoms with E-state index >= 15 is 0 Å². The molecule has 0 spiro atoms. The molecule has 35 heavy (non-hydrogen) atoms. The molecule has 0 saturated heterocycles. The lowest BCUT2D eigenvalue weighted by molar-refractivity contribution is -0.118. The largest absolute Gasteiger partial charge is 0.504 e. The Morgan fingerprint density at radius 2 is 1.94 bits per heavy atom. The van der Waals surface area contributed by atoms with E-state index in [4.69, 9.17) is 4.74 Å². The van der Waals surface area contributed by atoms with Gasteiger partial charge in [-0.15, -0.1) is 10.2 Å². The smallest absolute Gasteiger partial charge is 0.250 e. The molecule has 0 saturated carbocycles. The summed E-state index contributed by atoms with van der Waals surface area (Å²) >= 11 is 4.71. The average molecular weight is 553 g/mol. The highest BCUT2D eigenvalue weighted by molar-refractivity contribution is 9.10. The number of amides is 1. The van der Waals surface area contributed by atoms with Gasteiger partial charge in [-0.2, -0.15) is 5.10 Å². The zero-order valence-electron chi connectivity index (χ0n) is 18.6. The molecule has 178 valence electrons. The maximum atomic E-state index is 12.4. The summed E-state index contributed by atoms with van der Waals surface area (Å²) in [7, 11) is 0. The number of nitrogens with zero attached hydrogens (tertiary/aromatic N) is 5. The van der Waals surface area contributed by atoms with Crippen molar-refractivity contribution in [3.63, 3.8) is 0 Å². The van der Waals surface area contributed by atoms with Gasteiger partial charge < -0.3 is 9.84 Å². The number of aromatic hydroxyl groups is 1. The number of hydrazone groups is 1. The lowest BCUT2D eigenvalue weighted by Crippen LogP contribution is -2.20. The van der Waals surface area contributed by atoms with Crippen LogP contribution in [0.1, 0.15) is 12.5 Å². The van der Waals surface area contributed by atoms with E-state index in [9.17, 15) is 9.90 Å². The second-order valence-corrected chi connectivity index (χ2v) is 8.95. The predicted molar refractivity (Wildman–Crippen MR) is 138 cm³/mol. The van der Waals surface area contributed by atoms with Crippen LogP contribution < -0.4 is 10.2 Å². The van der Waals surface area contributed by atoms with E-state index in [1.165, 1.54) is 24.0 Å². The van der Waals surface area contributed by atoms with Crippen molar-refractivity contribution in [1.29, 1.82) is 0 Å². The molecule has 2 aromatic heterocycles. The zero-order chi connectivity index (χ0) is 24.6. The molecule has 1 amide bonds. The van der Waals surface area contributed by atoms with E-state index in [1.54, 1.807) is 24.5 Å². The van der Waals surface area contributed by atoms with E-state index in [0.717, 1.165) is 15.7 Å². The summed E-state index contributed by atoms with van der Waals surface area (Å²) in [6, 6.07) is 16.3. The van der Waals surface area contributed by atoms with Crippen molar-refractivity contribution in [3.05, 3.63) is 77.0 Å². The number of ether oxygens (including phenoxy) is 1. The first-order valence-corrected chi connectivity index (χ1v) is 12.3. The first-order valence-electron chi connectivity index (χ1n) is 10.6. The SMILES string of the molecule is CCOc1cc(/C=N\NC(=O)CSc2nnc(-c3ccncc3)n2-c2ccc(Br)cc2)ccc1O. The van der Waals surface area contributed by atoms with Gasteiger partial charge in [0.15, 0.2) is 22.5 Å². The normalized spacial score (nSPS) is 11.0. The highest BCUT2D eigenvalue weighted by Crippen LogP contribution is 2.28. The van der Waals surface area contributed by atoms with Gasteiger partial charge in [0.2, 0.25) is 0 Å². The molecule has 4 aromatic rings. The van der Waals surface area contributed by atoms with Gasteiger partial charge >= 0.3 is 0 Å². The summed E-state index contributed by atoms with van der Waals surface area (Å²) < 4.78 is 8.21. The van der Waals surface area contributed by atoms with Crippen molar-refractivity contribution in [2.24, 2.45) is 5.10 Å². The fraction of sp³-hybridized carbons (Fsp3) is 0.125. The first-order chi connectivity index (χ1) is 17.0. The highest BCUT2D eigenvalue weighted by atomic mass is 79.9. The Balaban J connectivity index is 1.46. The van der Waals surface area contributed by atoms with Crippen LogP contribution in [0.2, 0.25) is 0 Å². The van der Waals surface area contributed by atoms with Gasteiger partial charge in [0.05, 0.1) is 18.6 Å². The number of carbonyl (C=O) groups is 1. The number of aromatic nitrogens is 4. The monoisotopic (exact) mass is 552 g/mol. The molecular formula is C24H21BrN6O3S. The summed E-state index contributed by atoms with van der Waals surface area (Å²) in [5.74, 6) is 0.835. The van der Waals surface area contributed by atoms with Gasteiger partial charge in [-0.3, -0.25) is 14.3 Å². The Morgan fingerprint density at radius 3 is 2.69 bits per heavy atom. The molecule has 0 atom stereocenters. The van der Waals surface area contributed by atoms with Crippen molar-refractivity contribution >= 4 is 39.8 Å². The minimum Gasteiger partial charge on any atom is -0.504 e. The molecule has 2 heterocycles. The van der Waals surface area contributed by atoms with Crippen LogP contribution in [-0.4, -0.2) is 49.3 Å². The van der Waals surface area contributed by atoms with E-state index in [1.807, 2.05) is 47.9 Å². The molecule has 0 aliphatic heterocycles. The molecule has 0 bridgehead atoms. The van der Waals surface area contributed by atoms with Crippen molar-refractivity contribution in [2.75, 3.05) is 12.4 Å². The van der Waals surface area contributed by atoms with Gasteiger partial charge in [-0.1, -0.05) is 27.7 Å². The van der Waals surface area contributed by atoms with Crippen LogP contribution in [-0.2, 0) is 4.79 Å². The standard InChI is InChI=1S/C24H21BrN6O3S/c1-2-34-21-13-16(3-8-20(21)32)14-27-28-22(33)15-35-24-30-29-23(17-9-11-26-12-10-17)31(24)19-6-4-18(25)5-7-19/h3-14,32H,2,15H2,1H3,(H,28,33)/b27-14-. The number of thioether (sulfide) groups is 1. The third-order valence-electron chi connectivity index (χ3n) is 4.68. The van der Waals surface area contributed by atoms with Gasteiger partial charge in [-0.05, 0) is 67.1 Å². The van der Waals surface area contributed by atoms with Crippen molar-refractivity contribution in [1.82, 2.24) is 25.2 Å². The Hall–Kier alpha value is -3.70. The third kappa shape index (κ3) is 6.25. The summed E-state index contributed by atoms with van der Waals surface area (Å²) in [6.07, 6.45) is 4.87. The van der Waals surface area contributed by atoms with Crippen molar-refractivity contribution in [2.45, 2.75) is 12.1 Å². The Kier molecular flexibility index (Phi) is 8.11. The van der Waals surface area contributed by atoms with Gasteiger partial charge in [0.1, 0.15) is 0 Å². The Labute approximate surface area is 214 Å². The molecule has 0 fully saturated rings. The summed E-state index contributed by atoms with van der Waals surface area (Å²) in [6.45, 7) is 2.26. The van der Waals surface area contributed by atoms with E-state index in [-0.39, 0.29) is 17.4 Å². The average Bonchev–Trinajstić information content (AvgIpc) is 3.30. The molecule has 0 radical (unpaired) electrons. The van der Waals surface area contributed by atoms with Crippen LogP contribution in [0, 0.1) is 0 Å². The molecule has 2 N–H and O–H groups in total. The molecule has 2 aromatic carbocycles. The van der Waals surface area contributed by atoms with Gasteiger partial charge in [0.25, 0.3) is 5.91 Å². The lowest BCUT2D eigenvalue weighted by Gasteiger charge is -2.10. The minimum absolute atomic E-state index is 0.0467. The molecule has 0 aliphatic rings.